The molecule has 3 aromatic rings. The number of aromatic nitrogens is 3. The van der Waals surface area contributed by atoms with Gasteiger partial charge in [0, 0.05) is 20.4 Å². The number of carbonyl (C=O) groups excluding carboxylic acids is 1. The third kappa shape index (κ3) is 3.89. The van der Waals surface area contributed by atoms with Crippen LogP contribution < -0.4 is 10.3 Å². The summed E-state index contributed by atoms with van der Waals surface area (Å²) in [5.41, 5.74) is 0.760. The molecule has 8 nitrogen and oxygen atoms in total. The van der Waals surface area contributed by atoms with Crippen molar-refractivity contribution in [1.82, 2.24) is 19.9 Å². The Morgan fingerprint density at radius 3 is 3.00 bits per heavy atom. The monoisotopic (exact) mass is 374 g/mol. The summed E-state index contributed by atoms with van der Waals surface area (Å²) in [6.07, 6.45) is 1.56. The number of hydrogen-bond donors (Lipinski definition) is 1. The van der Waals surface area contributed by atoms with Crippen LogP contribution in [0, 0.1) is 0 Å². The second-order valence-corrected chi connectivity index (χ2v) is 6.42. The van der Waals surface area contributed by atoms with Gasteiger partial charge in [-0.25, -0.2) is 9.97 Å². The minimum Gasteiger partial charge on any atom is -0.475 e. The SMILES string of the molecule is COCCOc1ncccc1C(=O)N(C)Cc1nc2ccsc2c(=O)[nH]1. The highest BCUT2D eigenvalue weighted by atomic mass is 32.1. The number of aromatic amines is 1. The van der Waals surface area contributed by atoms with Crippen molar-refractivity contribution in [3.63, 3.8) is 0 Å². The maximum Gasteiger partial charge on any atom is 0.268 e. The molecule has 3 heterocycles. The Balaban J connectivity index is 1.78. The van der Waals surface area contributed by atoms with E-state index in [0.29, 0.717) is 34.8 Å². The van der Waals surface area contributed by atoms with E-state index in [1.807, 2.05) is 5.38 Å². The van der Waals surface area contributed by atoms with E-state index in [9.17, 15) is 9.59 Å². The zero-order valence-corrected chi connectivity index (χ0v) is 15.2. The number of hydrogen-bond acceptors (Lipinski definition) is 7. The minimum atomic E-state index is -0.279. The number of fused-ring (bicyclic) bond motifs is 1. The fraction of sp³-hybridized carbons (Fsp3) is 0.294. The molecule has 9 heteroatoms. The molecule has 0 aliphatic rings. The molecule has 0 saturated carbocycles. The van der Waals surface area contributed by atoms with Crippen molar-refractivity contribution in [2.24, 2.45) is 0 Å². The summed E-state index contributed by atoms with van der Waals surface area (Å²) in [5, 5.41) is 1.81. The first-order chi connectivity index (χ1) is 12.6. The van der Waals surface area contributed by atoms with E-state index in [2.05, 4.69) is 15.0 Å². The van der Waals surface area contributed by atoms with Gasteiger partial charge in [0.15, 0.2) is 0 Å². The summed E-state index contributed by atoms with van der Waals surface area (Å²) in [6.45, 7) is 0.847. The molecule has 0 unspecified atom stereocenters. The van der Waals surface area contributed by atoms with Crippen LogP contribution in [0.1, 0.15) is 16.2 Å². The van der Waals surface area contributed by atoms with Gasteiger partial charge in [0.1, 0.15) is 22.7 Å². The topological polar surface area (TPSA) is 97.4 Å². The summed E-state index contributed by atoms with van der Waals surface area (Å²) in [6, 6.07) is 5.09. The number of H-pyrrole nitrogens is 1. The first kappa shape index (κ1) is 18.0. The van der Waals surface area contributed by atoms with Crippen LogP contribution >= 0.6 is 11.3 Å². The van der Waals surface area contributed by atoms with Gasteiger partial charge in [-0.1, -0.05) is 0 Å². The number of rotatable bonds is 7. The van der Waals surface area contributed by atoms with Crippen molar-refractivity contribution >= 4 is 27.5 Å². The summed E-state index contributed by atoms with van der Waals surface area (Å²) < 4.78 is 11.0. The molecule has 1 N–H and O–H groups in total. The van der Waals surface area contributed by atoms with Crippen molar-refractivity contribution in [3.05, 3.63) is 51.5 Å². The molecule has 0 atom stereocenters. The van der Waals surface area contributed by atoms with Gasteiger partial charge in [-0.2, -0.15) is 0 Å². The Kier molecular flexibility index (Phi) is 5.59. The lowest BCUT2D eigenvalue weighted by molar-refractivity contribution is 0.0772. The maximum atomic E-state index is 12.8. The number of methoxy groups -OCH3 is 1. The third-order valence-corrected chi connectivity index (χ3v) is 4.53. The van der Waals surface area contributed by atoms with E-state index in [0.717, 1.165) is 0 Å². The van der Waals surface area contributed by atoms with Crippen LogP contribution in [-0.4, -0.2) is 53.1 Å². The molecule has 0 aliphatic carbocycles. The number of amides is 1. The van der Waals surface area contributed by atoms with Crippen LogP contribution in [0.2, 0.25) is 0 Å². The van der Waals surface area contributed by atoms with E-state index in [1.165, 1.54) is 16.2 Å². The molecular weight excluding hydrogens is 356 g/mol. The first-order valence-corrected chi connectivity index (χ1v) is 8.76. The molecule has 0 saturated heterocycles. The van der Waals surface area contributed by atoms with Crippen molar-refractivity contribution in [1.29, 1.82) is 0 Å². The minimum absolute atomic E-state index is 0.159. The molecular formula is C17H18N4O4S. The highest BCUT2D eigenvalue weighted by Gasteiger charge is 2.19. The average Bonchev–Trinajstić information content (AvgIpc) is 3.11. The van der Waals surface area contributed by atoms with Gasteiger partial charge < -0.3 is 19.4 Å². The van der Waals surface area contributed by atoms with E-state index in [4.69, 9.17) is 9.47 Å². The molecule has 3 rings (SSSR count). The van der Waals surface area contributed by atoms with E-state index >= 15 is 0 Å². The van der Waals surface area contributed by atoms with Crippen LogP contribution in [0.5, 0.6) is 5.88 Å². The van der Waals surface area contributed by atoms with E-state index in [1.54, 1.807) is 38.6 Å². The quantitative estimate of drug-likeness (QED) is 0.632. The van der Waals surface area contributed by atoms with Gasteiger partial charge in [-0.05, 0) is 23.6 Å². The smallest absolute Gasteiger partial charge is 0.268 e. The Morgan fingerprint density at radius 1 is 1.35 bits per heavy atom. The van der Waals surface area contributed by atoms with Gasteiger partial charge in [0.25, 0.3) is 11.5 Å². The van der Waals surface area contributed by atoms with Crippen molar-refractivity contribution in [2.45, 2.75) is 6.54 Å². The number of pyridine rings is 1. The van der Waals surface area contributed by atoms with Crippen LogP contribution in [0.15, 0.2) is 34.6 Å². The summed E-state index contributed by atoms with van der Waals surface area (Å²) in [4.78, 5) is 37.5. The molecule has 1 amide bonds. The lowest BCUT2D eigenvalue weighted by Crippen LogP contribution is -2.29. The highest BCUT2D eigenvalue weighted by molar-refractivity contribution is 7.17. The fourth-order valence-corrected chi connectivity index (χ4v) is 3.11. The van der Waals surface area contributed by atoms with Crippen LogP contribution in [0.4, 0.5) is 0 Å². The van der Waals surface area contributed by atoms with Crippen LogP contribution in [0.25, 0.3) is 10.2 Å². The van der Waals surface area contributed by atoms with Gasteiger partial charge in [0.05, 0.1) is 18.7 Å². The second-order valence-electron chi connectivity index (χ2n) is 5.51. The molecule has 0 radical (unpaired) electrons. The predicted octanol–water partition coefficient (Wildman–Crippen LogP) is 1.68. The summed E-state index contributed by atoms with van der Waals surface area (Å²) in [7, 11) is 3.20. The zero-order chi connectivity index (χ0) is 18.5. The van der Waals surface area contributed by atoms with Gasteiger partial charge in [0.2, 0.25) is 5.88 Å². The van der Waals surface area contributed by atoms with Gasteiger partial charge in [-0.15, -0.1) is 11.3 Å². The van der Waals surface area contributed by atoms with E-state index < -0.39 is 0 Å². The van der Waals surface area contributed by atoms with Crippen molar-refractivity contribution < 1.29 is 14.3 Å². The Hall–Kier alpha value is -2.78. The molecule has 136 valence electrons. The largest absolute Gasteiger partial charge is 0.475 e. The molecule has 26 heavy (non-hydrogen) atoms. The zero-order valence-electron chi connectivity index (χ0n) is 14.4. The number of ether oxygens (including phenoxy) is 2. The van der Waals surface area contributed by atoms with Crippen molar-refractivity contribution in [3.8, 4) is 5.88 Å². The Bertz CT molecular complexity index is 969. The second kappa shape index (κ2) is 8.07. The number of thiophene rings is 1. The molecule has 3 aromatic heterocycles. The van der Waals surface area contributed by atoms with E-state index in [-0.39, 0.29) is 23.9 Å². The van der Waals surface area contributed by atoms with Crippen LogP contribution in [0.3, 0.4) is 0 Å². The molecule has 0 fully saturated rings. The fourth-order valence-electron chi connectivity index (χ4n) is 2.39. The molecule has 0 spiro atoms. The van der Waals surface area contributed by atoms with Crippen molar-refractivity contribution in [2.75, 3.05) is 27.4 Å². The lowest BCUT2D eigenvalue weighted by atomic mass is 10.2. The average molecular weight is 374 g/mol. The first-order valence-electron chi connectivity index (χ1n) is 7.88. The van der Waals surface area contributed by atoms with Gasteiger partial charge >= 0.3 is 0 Å². The molecule has 0 aromatic carbocycles. The molecule has 0 aliphatic heterocycles. The maximum absolute atomic E-state index is 12.8. The number of carbonyl (C=O) groups is 1. The Labute approximate surface area is 153 Å². The van der Waals surface area contributed by atoms with Gasteiger partial charge in [-0.3, -0.25) is 9.59 Å². The molecule has 0 bridgehead atoms. The Morgan fingerprint density at radius 2 is 2.19 bits per heavy atom. The van der Waals surface area contributed by atoms with Crippen LogP contribution in [-0.2, 0) is 11.3 Å². The number of nitrogens with zero attached hydrogens (tertiary/aromatic N) is 3. The highest BCUT2D eigenvalue weighted by Crippen LogP contribution is 2.18. The predicted molar refractivity (Wildman–Crippen MR) is 97.6 cm³/mol. The summed E-state index contributed by atoms with van der Waals surface area (Å²) >= 11 is 1.33. The third-order valence-electron chi connectivity index (χ3n) is 3.63. The normalized spacial score (nSPS) is 10.8. The number of nitrogens with one attached hydrogen (secondary N) is 1. The standard InChI is InChI=1S/C17H18N4O4S/c1-21(10-13-19-12-5-9-26-14(12)15(22)20-13)17(23)11-4-3-6-18-16(11)25-8-7-24-2/h3-6,9H,7-8,10H2,1-2H3,(H,19,20,22). The lowest BCUT2D eigenvalue weighted by Gasteiger charge is -2.18. The summed E-state index contributed by atoms with van der Waals surface area (Å²) in [5.74, 6) is 0.386.